The molecule has 0 atom stereocenters. The molecule has 1 aromatic carbocycles. The Morgan fingerprint density at radius 3 is 2.79 bits per heavy atom. The van der Waals surface area contributed by atoms with Crippen LogP contribution in [0.1, 0.15) is 12.5 Å². The van der Waals surface area contributed by atoms with Crippen molar-refractivity contribution in [3.05, 3.63) is 32.4 Å². The molecule has 0 spiro atoms. The van der Waals surface area contributed by atoms with Gasteiger partial charge in [-0.05, 0) is 53.3 Å². The van der Waals surface area contributed by atoms with E-state index in [0.29, 0.717) is 11.6 Å². The number of halogens is 2. The van der Waals surface area contributed by atoms with Crippen LogP contribution in [0.3, 0.4) is 0 Å². The van der Waals surface area contributed by atoms with Gasteiger partial charge in [-0.15, -0.1) is 0 Å². The molecule has 4 heteroatoms. The third-order valence-electron chi connectivity index (χ3n) is 1.58. The van der Waals surface area contributed by atoms with E-state index in [1.165, 1.54) is 0 Å². The maximum atomic E-state index is 11.2. The van der Waals surface area contributed by atoms with Crippen LogP contribution in [0.25, 0.3) is 0 Å². The number of hydrogen-bond acceptors (Lipinski definition) is 2. The van der Waals surface area contributed by atoms with Crippen molar-refractivity contribution >= 4 is 40.2 Å². The first-order valence-corrected chi connectivity index (χ1v) is 5.68. The Morgan fingerprint density at radius 1 is 1.50 bits per heavy atom. The monoisotopic (exact) mass is 324 g/mol. The van der Waals surface area contributed by atoms with Gasteiger partial charge < -0.3 is 4.74 Å². The molecule has 0 saturated carbocycles. The molecule has 76 valence electrons. The fourth-order valence-corrected chi connectivity index (χ4v) is 2.27. The van der Waals surface area contributed by atoms with E-state index in [9.17, 15) is 4.79 Å². The number of benzene rings is 1. The van der Waals surface area contributed by atoms with Crippen molar-refractivity contribution in [1.29, 1.82) is 0 Å². The molecule has 14 heavy (non-hydrogen) atoms. The largest absolute Gasteiger partial charge is 0.466 e. The summed E-state index contributed by atoms with van der Waals surface area (Å²) in [6.07, 6.45) is 0.282. The van der Waals surface area contributed by atoms with E-state index >= 15 is 0 Å². The fourth-order valence-electron chi connectivity index (χ4n) is 1.09. The van der Waals surface area contributed by atoms with Gasteiger partial charge in [0.05, 0.1) is 13.0 Å². The maximum absolute atomic E-state index is 11.2. The Labute approximate surface area is 102 Å². The van der Waals surface area contributed by atoms with Gasteiger partial charge in [-0.1, -0.05) is 11.6 Å². The van der Waals surface area contributed by atoms with E-state index in [1.54, 1.807) is 13.0 Å². The van der Waals surface area contributed by atoms with Crippen molar-refractivity contribution in [2.24, 2.45) is 0 Å². The van der Waals surface area contributed by atoms with Gasteiger partial charge >= 0.3 is 5.97 Å². The summed E-state index contributed by atoms with van der Waals surface area (Å²) in [5.74, 6) is -0.217. The molecule has 0 N–H and O–H groups in total. The molecule has 0 bridgehead atoms. The van der Waals surface area contributed by atoms with Gasteiger partial charge in [0.2, 0.25) is 0 Å². The molecule has 0 saturated heterocycles. The molecule has 0 aromatic heterocycles. The SMILES string of the molecule is CCOC(=O)Cc1cc(Cl)cc(I)c1. The standard InChI is InChI=1S/C10H10ClIO2/c1-2-14-10(13)5-7-3-8(11)6-9(12)4-7/h3-4,6H,2,5H2,1H3. The molecule has 0 unspecified atom stereocenters. The first kappa shape index (κ1) is 11.8. The average molecular weight is 325 g/mol. The zero-order valence-electron chi connectivity index (χ0n) is 7.72. The average Bonchev–Trinajstić information content (AvgIpc) is 2.01. The lowest BCUT2D eigenvalue weighted by molar-refractivity contribution is -0.142. The number of esters is 1. The number of hydrogen-bond donors (Lipinski definition) is 0. The molecular formula is C10H10ClIO2. The first-order chi connectivity index (χ1) is 6.61. The lowest BCUT2D eigenvalue weighted by Crippen LogP contribution is -2.07. The lowest BCUT2D eigenvalue weighted by Gasteiger charge is -2.03. The summed E-state index contributed by atoms with van der Waals surface area (Å²) >= 11 is 8.02. The van der Waals surface area contributed by atoms with Crippen LogP contribution in [0.4, 0.5) is 0 Å². The van der Waals surface area contributed by atoms with E-state index in [0.717, 1.165) is 9.13 Å². The molecule has 0 fully saturated rings. The molecule has 1 rings (SSSR count). The smallest absolute Gasteiger partial charge is 0.310 e. The zero-order valence-corrected chi connectivity index (χ0v) is 10.6. The van der Waals surface area contributed by atoms with Crippen LogP contribution in [0.5, 0.6) is 0 Å². The minimum atomic E-state index is -0.217. The van der Waals surface area contributed by atoms with E-state index in [2.05, 4.69) is 22.6 Å². The second-order valence-corrected chi connectivity index (χ2v) is 4.44. The Bertz CT molecular complexity index is 319. The predicted molar refractivity (Wildman–Crippen MR) is 64.5 cm³/mol. The van der Waals surface area contributed by atoms with Gasteiger partial charge in [0.1, 0.15) is 0 Å². The van der Waals surface area contributed by atoms with Gasteiger partial charge in [0.25, 0.3) is 0 Å². The Kier molecular flexibility index (Phi) is 4.68. The fraction of sp³-hybridized carbons (Fsp3) is 0.300. The summed E-state index contributed by atoms with van der Waals surface area (Å²) in [6, 6.07) is 5.54. The Morgan fingerprint density at radius 2 is 2.21 bits per heavy atom. The van der Waals surface area contributed by atoms with Crippen molar-refractivity contribution in [1.82, 2.24) is 0 Å². The van der Waals surface area contributed by atoms with Gasteiger partial charge in [-0.3, -0.25) is 4.79 Å². The summed E-state index contributed by atoms with van der Waals surface area (Å²) < 4.78 is 5.86. The van der Waals surface area contributed by atoms with Crippen molar-refractivity contribution < 1.29 is 9.53 Å². The summed E-state index contributed by atoms with van der Waals surface area (Å²) in [5, 5.41) is 0.649. The second kappa shape index (κ2) is 5.56. The molecule has 0 radical (unpaired) electrons. The second-order valence-electron chi connectivity index (χ2n) is 2.76. The van der Waals surface area contributed by atoms with Gasteiger partial charge in [-0.25, -0.2) is 0 Å². The van der Waals surface area contributed by atoms with Crippen molar-refractivity contribution in [3.8, 4) is 0 Å². The van der Waals surface area contributed by atoms with Crippen molar-refractivity contribution in [2.45, 2.75) is 13.3 Å². The molecule has 0 heterocycles. The molecule has 0 aliphatic rings. The number of rotatable bonds is 3. The predicted octanol–water partition coefficient (Wildman–Crippen LogP) is 3.05. The van der Waals surface area contributed by atoms with E-state index < -0.39 is 0 Å². The van der Waals surface area contributed by atoms with E-state index in [-0.39, 0.29) is 12.4 Å². The third-order valence-corrected chi connectivity index (χ3v) is 2.42. The normalized spacial score (nSPS) is 9.93. The van der Waals surface area contributed by atoms with Gasteiger partial charge in [0, 0.05) is 8.59 Å². The lowest BCUT2D eigenvalue weighted by atomic mass is 10.1. The topological polar surface area (TPSA) is 26.3 Å². The van der Waals surface area contributed by atoms with Crippen molar-refractivity contribution in [3.63, 3.8) is 0 Å². The summed E-state index contributed by atoms with van der Waals surface area (Å²) in [7, 11) is 0. The highest BCUT2D eigenvalue weighted by Crippen LogP contribution is 2.17. The Hall–Kier alpha value is -0.290. The minimum Gasteiger partial charge on any atom is -0.466 e. The quantitative estimate of drug-likeness (QED) is 0.631. The van der Waals surface area contributed by atoms with Crippen LogP contribution >= 0.6 is 34.2 Å². The van der Waals surface area contributed by atoms with Crippen LogP contribution in [-0.2, 0) is 16.0 Å². The number of carbonyl (C=O) groups is 1. The highest BCUT2D eigenvalue weighted by Gasteiger charge is 2.05. The van der Waals surface area contributed by atoms with Crippen molar-refractivity contribution in [2.75, 3.05) is 6.61 Å². The third kappa shape index (κ3) is 3.84. The number of carbonyl (C=O) groups excluding carboxylic acids is 1. The van der Waals surface area contributed by atoms with Crippen LogP contribution in [0.2, 0.25) is 5.02 Å². The van der Waals surface area contributed by atoms with E-state index in [4.69, 9.17) is 16.3 Å². The van der Waals surface area contributed by atoms with Crippen LogP contribution in [0.15, 0.2) is 18.2 Å². The summed E-state index contributed by atoms with van der Waals surface area (Å²) in [4.78, 5) is 11.2. The highest BCUT2D eigenvalue weighted by molar-refractivity contribution is 14.1. The molecule has 2 nitrogen and oxygen atoms in total. The molecular weight excluding hydrogens is 314 g/mol. The molecule has 0 aliphatic heterocycles. The maximum Gasteiger partial charge on any atom is 0.310 e. The van der Waals surface area contributed by atoms with E-state index in [1.807, 2.05) is 12.1 Å². The molecule has 0 amide bonds. The first-order valence-electron chi connectivity index (χ1n) is 4.22. The summed E-state index contributed by atoms with van der Waals surface area (Å²) in [6.45, 7) is 2.20. The molecule has 1 aromatic rings. The Balaban J connectivity index is 2.71. The number of ether oxygens (including phenoxy) is 1. The molecule has 0 aliphatic carbocycles. The zero-order chi connectivity index (χ0) is 10.6. The van der Waals surface area contributed by atoms with Crippen LogP contribution < -0.4 is 0 Å². The van der Waals surface area contributed by atoms with Gasteiger partial charge in [0.15, 0.2) is 0 Å². The van der Waals surface area contributed by atoms with Crippen LogP contribution in [0, 0.1) is 3.57 Å². The highest BCUT2D eigenvalue weighted by atomic mass is 127. The minimum absolute atomic E-state index is 0.217. The summed E-state index contributed by atoms with van der Waals surface area (Å²) in [5.41, 5.74) is 0.889. The van der Waals surface area contributed by atoms with Gasteiger partial charge in [-0.2, -0.15) is 0 Å². The van der Waals surface area contributed by atoms with Crippen LogP contribution in [-0.4, -0.2) is 12.6 Å².